The molecule has 0 fully saturated rings. The van der Waals surface area contributed by atoms with Crippen LogP contribution in [0.1, 0.15) is 43.9 Å². The van der Waals surface area contributed by atoms with Gasteiger partial charge < -0.3 is 15.0 Å². The van der Waals surface area contributed by atoms with Gasteiger partial charge in [-0.25, -0.2) is 8.42 Å². The minimum Gasteiger partial charge on any atom is -0.494 e. The lowest BCUT2D eigenvalue weighted by Crippen LogP contribution is -2.52. The lowest BCUT2D eigenvalue weighted by atomic mass is 10.1. The van der Waals surface area contributed by atoms with Crippen LogP contribution in [0.25, 0.3) is 0 Å². The minimum atomic E-state index is -4.14. The van der Waals surface area contributed by atoms with E-state index in [4.69, 9.17) is 4.74 Å². The van der Waals surface area contributed by atoms with Crippen LogP contribution in [0, 0.1) is 13.8 Å². The summed E-state index contributed by atoms with van der Waals surface area (Å²) < 4.78 is 34.5. The molecule has 0 bridgehead atoms. The van der Waals surface area contributed by atoms with Gasteiger partial charge >= 0.3 is 0 Å². The molecule has 2 amide bonds. The topological polar surface area (TPSA) is 96.0 Å². The number of sulfonamides is 1. The summed E-state index contributed by atoms with van der Waals surface area (Å²) in [5.41, 5.74) is 3.23. The number of anilines is 1. The first-order chi connectivity index (χ1) is 19.1. The Morgan fingerprint density at radius 2 is 1.43 bits per heavy atom. The molecule has 3 aromatic rings. The zero-order chi connectivity index (χ0) is 29.3. The predicted octanol–water partition coefficient (Wildman–Crippen LogP) is 4.84. The van der Waals surface area contributed by atoms with Crippen molar-refractivity contribution in [3.63, 3.8) is 0 Å². The first-order valence-corrected chi connectivity index (χ1v) is 15.0. The van der Waals surface area contributed by atoms with Gasteiger partial charge in [-0.1, -0.05) is 54.4 Å². The van der Waals surface area contributed by atoms with Gasteiger partial charge in [0, 0.05) is 13.1 Å². The van der Waals surface area contributed by atoms with Crippen LogP contribution in [0.2, 0.25) is 0 Å². The normalized spacial score (nSPS) is 11.9. The average molecular weight is 566 g/mol. The molecule has 8 nitrogen and oxygen atoms in total. The van der Waals surface area contributed by atoms with Gasteiger partial charge in [0.1, 0.15) is 18.3 Å². The fourth-order valence-electron chi connectivity index (χ4n) is 4.34. The molecule has 9 heteroatoms. The average Bonchev–Trinajstić information content (AvgIpc) is 2.93. The Kier molecular flexibility index (Phi) is 10.7. The highest BCUT2D eigenvalue weighted by molar-refractivity contribution is 7.92. The molecule has 3 aromatic carbocycles. The number of amides is 2. The lowest BCUT2D eigenvalue weighted by Gasteiger charge is -2.33. The maximum Gasteiger partial charge on any atom is 0.264 e. The fourth-order valence-corrected chi connectivity index (χ4v) is 5.76. The van der Waals surface area contributed by atoms with Crippen molar-refractivity contribution in [3.8, 4) is 5.75 Å². The number of likely N-dealkylation sites (N-methyl/N-ethyl adjacent to an activating group) is 1. The molecular formula is C31H39N3O5S. The van der Waals surface area contributed by atoms with Crippen molar-refractivity contribution >= 4 is 27.5 Å². The van der Waals surface area contributed by atoms with Crippen molar-refractivity contribution in [1.29, 1.82) is 0 Å². The summed E-state index contributed by atoms with van der Waals surface area (Å²) in [5.74, 6) is -0.202. The van der Waals surface area contributed by atoms with Gasteiger partial charge in [-0.2, -0.15) is 0 Å². The largest absolute Gasteiger partial charge is 0.494 e. The zero-order valence-corrected chi connectivity index (χ0v) is 24.7. The summed E-state index contributed by atoms with van der Waals surface area (Å²) in [6, 6.07) is 20.0. The van der Waals surface area contributed by atoms with Crippen LogP contribution >= 0.6 is 0 Å². The molecule has 40 heavy (non-hydrogen) atoms. The second kappa shape index (κ2) is 14.0. The Labute approximate surface area is 238 Å². The van der Waals surface area contributed by atoms with E-state index in [2.05, 4.69) is 5.32 Å². The number of hydrogen-bond donors (Lipinski definition) is 1. The molecule has 0 aliphatic carbocycles. The highest BCUT2D eigenvalue weighted by atomic mass is 32.2. The van der Waals surface area contributed by atoms with Crippen LogP contribution in [0.3, 0.4) is 0 Å². The molecule has 214 valence electrons. The number of rotatable bonds is 13. The number of hydrogen-bond acceptors (Lipinski definition) is 5. The van der Waals surface area contributed by atoms with Crippen LogP contribution in [0.4, 0.5) is 5.69 Å². The Hall–Kier alpha value is -3.85. The molecular weight excluding hydrogens is 526 g/mol. The molecule has 0 saturated heterocycles. The van der Waals surface area contributed by atoms with Crippen molar-refractivity contribution in [2.75, 3.05) is 24.0 Å². The predicted molar refractivity (Wildman–Crippen MR) is 158 cm³/mol. The Morgan fingerprint density at radius 3 is 1.95 bits per heavy atom. The standard InChI is InChI=1S/C31H39N3O5S/c1-6-29(31(36)32-7-2)33(21-25-13-9-23(4)10-14-25)30(35)22-34(26-15-11-24(5)12-16-26)40(37,38)28-19-17-27(18-20-28)39-8-3/h9-20,29H,6-8,21-22H2,1-5H3,(H,32,36)/t29-/m0/s1. The number of carbonyl (C=O) groups excluding carboxylic acids is 2. The Balaban J connectivity index is 2.04. The summed E-state index contributed by atoms with van der Waals surface area (Å²) >= 11 is 0. The highest BCUT2D eigenvalue weighted by Gasteiger charge is 2.33. The van der Waals surface area contributed by atoms with E-state index in [1.165, 1.54) is 17.0 Å². The molecule has 0 radical (unpaired) electrons. The van der Waals surface area contributed by atoms with E-state index < -0.39 is 28.5 Å². The van der Waals surface area contributed by atoms with Gasteiger partial charge in [-0.3, -0.25) is 13.9 Å². The van der Waals surface area contributed by atoms with Crippen LogP contribution in [0.5, 0.6) is 5.75 Å². The van der Waals surface area contributed by atoms with E-state index in [0.717, 1.165) is 21.0 Å². The van der Waals surface area contributed by atoms with E-state index in [1.807, 2.05) is 58.9 Å². The van der Waals surface area contributed by atoms with Crippen molar-refractivity contribution in [1.82, 2.24) is 10.2 Å². The molecule has 0 aliphatic rings. The van der Waals surface area contributed by atoms with Crippen molar-refractivity contribution in [3.05, 3.63) is 89.5 Å². The third-order valence-corrected chi connectivity index (χ3v) is 8.32. The molecule has 0 aliphatic heterocycles. The van der Waals surface area contributed by atoms with Gasteiger partial charge in [0.15, 0.2) is 0 Å². The maximum absolute atomic E-state index is 14.0. The maximum atomic E-state index is 14.0. The minimum absolute atomic E-state index is 0.0326. The summed E-state index contributed by atoms with van der Waals surface area (Å²) in [6.45, 7) is 9.95. The second-order valence-electron chi connectivity index (χ2n) is 9.58. The number of nitrogens with one attached hydrogen (secondary N) is 1. The van der Waals surface area contributed by atoms with Crippen LogP contribution in [-0.4, -0.2) is 50.9 Å². The second-order valence-corrected chi connectivity index (χ2v) is 11.4. The smallest absolute Gasteiger partial charge is 0.264 e. The molecule has 3 rings (SSSR count). The highest BCUT2D eigenvalue weighted by Crippen LogP contribution is 2.26. The van der Waals surface area contributed by atoms with E-state index in [0.29, 0.717) is 31.0 Å². The van der Waals surface area contributed by atoms with Crippen molar-refractivity contribution in [2.45, 2.75) is 58.5 Å². The van der Waals surface area contributed by atoms with E-state index >= 15 is 0 Å². The van der Waals surface area contributed by atoms with Crippen LogP contribution < -0.4 is 14.4 Å². The SMILES string of the molecule is CCNC(=O)[C@H](CC)N(Cc1ccc(C)cc1)C(=O)CN(c1ccc(C)cc1)S(=O)(=O)c1ccc(OCC)cc1. The molecule has 0 heterocycles. The van der Waals surface area contributed by atoms with Gasteiger partial charge in [0.05, 0.1) is 17.2 Å². The Morgan fingerprint density at radius 1 is 0.850 bits per heavy atom. The van der Waals surface area contributed by atoms with E-state index in [1.54, 1.807) is 36.4 Å². The molecule has 0 saturated carbocycles. The van der Waals surface area contributed by atoms with Gasteiger partial charge in [0.25, 0.3) is 10.0 Å². The molecule has 0 unspecified atom stereocenters. The number of nitrogens with zero attached hydrogens (tertiary/aromatic N) is 2. The Bertz CT molecular complexity index is 1370. The number of aryl methyl sites for hydroxylation is 2. The number of carbonyl (C=O) groups is 2. The fraction of sp³-hybridized carbons (Fsp3) is 0.355. The number of ether oxygens (including phenoxy) is 1. The zero-order valence-electron chi connectivity index (χ0n) is 23.9. The summed E-state index contributed by atoms with van der Waals surface area (Å²) in [5, 5.41) is 2.81. The first kappa shape index (κ1) is 30.7. The van der Waals surface area contributed by atoms with E-state index in [-0.39, 0.29) is 17.3 Å². The van der Waals surface area contributed by atoms with Crippen molar-refractivity contribution in [2.24, 2.45) is 0 Å². The molecule has 0 aromatic heterocycles. The summed E-state index contributed by atoms with van der Waals surface area (Å²) in [4.78, 5) is 28.5. The first-order valence-electron chi connectivity index (χ1n) is 13.6. The molecule has 1 N–H and O–H groups in total. The van der Waals surface area contributed by atoms with Crippen molar-refractivity contribution < 1.29 is 22.7 Å². The van der Waals surface area contributed by atoms with Crippen LogP contribution in [0.15, 0.2) is 77.7 Å². The van der Waals surface area contributed by atoms with Gasteiger partial charge in [-0.15, -0.1) is 0 Å². The number of benzene rings is 3. The van der Waals surface area contributed by atoms with Gasteiger partial charge in [-0.05, 0) is 76.1 Å². The lowest BCUT2D eigenvalue weighted by molar-refractivity contribution is -0.140. The molecule has 0 spiro atoms. The van der Waals surface area contributed by atoms with Crippen LogP contribution in [-0.2, 0) is 26.2 Å². The molecule has 1 atom stereocenters. The third-order valence-electron chi connectivity index (χ3n) is 6.53. The summed E-state index contributed by atoms with van der Waals surface area (Å²) in [6.07, 6.45) is 0.375. The van der Waals surface area contributed by atoms with Gasteiger partial charge in [0.2, 0.25) is 11.8 Å². The quantitative estimate of drug-likeness (QED) is 0.320. The third kappa shape index (κ3) is 7.63. The summed E-state index contributed by atoms with van der Waals surface area (Å²) in [7, 11) is -4.14. The monoisotopic (exact) mass is 565 g/mol. The van der Waals surface area contributed by atoms with E-state index in [9.17, 15) is 18.0 Å².